The highest BCUT2D eigenvalue weighted by molar-refractivity contribution is 5.27. The molecule has 3 rings (SSSR count). The fourth-order valence-corrected chi connectivity index (χ4v) is 6.08. The van der Waals surface area contributed by atoms with Crippen LogP contribution in [0.5, 0.6) is 0 Å². The molecule has 2 aromatic rings. The van der Waals surface area contributed by atoms with E-state index in [1.54, 1.807) is 0 Å². The number of aromatic nitrogens is 4. The van der Waals surface area contributed by atoms with E-state index >= 15 is 0 Å². The lowest BCUT2D eigenvalue weighted by atomic mass is 9.47. The van der Waals surface area contributed by atoms with E-state index in [4.69, 9.17) is 10.2 Å². The number of hydrogen-bond acceptors (Lipinski definition) is 2. The zero-order valence-corrected chi connectivity index (χ0v) is 19.9. The molecule has 0 fully saturated rings. The van der Waals surface area contributed by atoms with Crippen LogP contribution in [0.15, 0.2) is 36.4 Å². The molecule has 0 atom stereocenters. The first-order chi connectivity index (χ1) is 13.3. The van der Waals surface area contributed by atoms with Gasteiger partial charge in [0.2, 0.25) is 0 Å². The van der Waals surface area contributed by atoms with Crippen LogP contribution in [0.25, 0.3) is 0 Å². The van der Waals surface area contributed by atoms with Crippen molar-refractivity contribution in [3.8, 4) is 0 Å². The molecule has 0 N–H and O–H groups in total. The van der Waals surface area contributed by atoms with Crippen molar-refractivity contribution in [2.24, 2.45) is 22.2 Å². The highest BCUT2D eigenvalue weighted by Gasteiger charge is 2.61. The lowest BCUT2D eigenvalue weighted by Crippen LogP contribution is -2.58. The second-order valence-electron chi connectivity index (χ2n) is 10.8. The molecule has 1 aliphatic rings. The van der Waals surface area contributed by atoms with E-state index in [0.29, 0.717) is 0 Å². The van der Waals surface area contributed by atoms with Crippen molar-refractivity contribution in [3.63, 3.8) is 0 Å². The Hall–Kier alpha value is -2.10. The molecular formula is C25H38N4. The van der Waals surface area contributed by atoms with Crippen LogP contribution >= 0.6 is 0 Å². The van der Waals surface area contributed by atoms with Gasteiger partial charge in [0, 0.05) is 22.7 Å². The zero-order valence-electron chi connectivity index (χ0n) is 19.9. The van der Waals surface area contributed by atoms with Crippen LogP contribution in [0.3, 0.4) is 0 Å². The van der Waals surface area contributed by atoms with Crippen molar-refractivity contribution < 1.29 is 0 Å². The summed E-state index contributed by atoms with van der Waals surface area (Å²) in [5.74, 6) is 0.278. The first-order valence-corrected chi connectivity index (χ1v) is 10.7. The highest BCUT2D eigenvalue weighted by Crippen LogP contribution is 2.64. The van der Waals surface area contributed by atoms with Crippen LogP contribution in [-0.2, 0) is 0 Å². The van der Waals surface area contributed by atoms with E-state index in [1.165, 1.54) is 11.4 Å². The molecule has 2 aromatic heterocycles. The largest absolute Gasteiger partial charge is 0.244 e. The Kier molecular flexibility index (Phi) is 5.21. The van der Waals surface area contributed by atoms with Gasteiger partial charge >= 0.3 is 0 Å². The Morgan fingerprint density at radius 3 is 1.38 bits per heavy atom. The molecule has 0 aliphatic heterocycles. The molecule has 1 aliphatic carbocycles. The van der Waals surface area contributed by atoms with Crippen molar-refractivity contribution in [1.82, 2.24) is 19.6 Å². The van der Waals surface area contributed by atoms with Gasteiger partial charge in [-0.15, -0.1) is 0 Å². The maximum Gasteiger partial charge on any atom is 0.151 e. The molecule has 29 heavy (non-hydrogen) atoms. The standard InChI is InChI=1S/C25H38N4/c1-17-15-19(3)28(26-17)22(29-20(4)16-18(2)27-29)25(23(5,6)7,24(8,9)10)21-13-11-12-14-21/h11-16,21-22H,1-10H3. The number of hydrogen-bond donors (Lipinski definition) is 0. The lowest BCUT2D eigenvalue weighted by Gasteiger charge is -2.60. The summed E-state index contributed by atoms with van der Waals surface area (Å²) in [4.78, 5) is 0. The number of allylic oxidation sites excluding steroid dienone is 4. The third kappa shape index (κ3) is 3.31. The minimum atomic E-state index is -0.185. The molecule has 0 saturated heterocycles. The van der Waals surface area contributed by atoms with E-state index in [9.17, 15) is 0 Å². The second kappa shape index (κ2) is 7.00. The third-order valence-electron chi connectivity index (χ3n) is 6.72. The SMILES string of the molecule is Cc1cc(C)n(C(n2nc(C)cc2C)C(C2C=CC=C2)(C(C)(C)C)C(C)(C)C)n1. The zero-order chi connectivity index (χ0) is 21.8. The average molecular weight is 395 g/mol. The van der Waals surface area contributed by atoms with E-state index in [2.05, 4.69) is 115 Å². The first kappa shape index (κ1) is 21.6. The van der Waals surface area contributed by atoms with Gasteiger partial charge in [0.1, 0.15) is 0 Å². The monoisotopic (exact) mass is 394 g/mol. The van der Waals surface area contributed by atoms with Gasteiger partial charge in [-0.3, -0.25) is 0 Å². The summed E-state index contributed by atoms with van der Waals surface area (Å²) in [6, 6.07) is 4.35. The van der Waals surface area contributed by atoms with Crippen molar-refractivity contribution in [1.29, 1.82) is 0 Å². The van der Waals surface area contributed by atoms with Crippen molar-refractivity contribution in [2.75, 3.05) is 0 Å². The van der Waals surface area contributed by atoms with Crippen molar-refractivity contribution in [2.45, 2.75) is 75.4 Å². The fourth-order valence-electron chi connectivity index (χ4n) is 6.08. The lowest BCUT2D eigenvalue weighted by molar-refractivity contribution is -0.118. The summed E-state index contributed by atoms with van der Waals surface area (Å²) >= 11 is 0. The predicted molar refractivity (Wildman–Crippen MR) is 121 cm³/mol. The predicted octanol–water partition coefficient (Wildman–Crippen LogP) is 6.18. The van der Waals surface area contributed by atoms with Crippen molar-refractivity contribution in [3.05, 3.63) is 59.2 Å². The molecule has 0 unspecified atom stereocenters. The van der Waals surface area contributed by atoms with E-state index < -0.39 is 0 Å². The number of aryl methyl sites for hydroxylation is 4. The van der Waals surface area contributed by atoms with Gasteiger partial charge in [-0.05, 0) is 50.7 Å². The average Bonchev–Trinajstić information content (AvgIpc) is 3.24. The molecule has 158 valence electrons. The molecule has 4 heteroatoms. The Morgan fingerprint density at radius 1 is 0.724 bits per heavy atom. The number of rotatable bonds is 4. The normalized spacial score (nSPS) is 15.8. The maximum absolute atomic E-state index is 5.01. The first-order valence-electron chi connectivity index (χ1n) is 10.7. The smallest absolute Gasteiger partial charge is 0.151 e. The Balaban J connectivity index is 2.47. The molecule has 0 saturated carbocycles. The van der Waals surface area contributed by atoms with E-state index in [-0.39, 0.29) is 28.3 Å². The van der Waals surface area contributed by atoms with Gasteiger partial charge in [-0.2, -0.15) is 10.2 Å². The topological polar surface area (TPSA) is 35.6 Å². The van der Waals surface area contributed by atoms with Crippen LogP contribution in [0.1, 0.15) is 70.5 Å². The van der Waals surface area contributed by atoms with Gasteiger partial charge in [0.25, 0.3) is 0 Å². The summed E-state index contributed by atoms with van der Waals surface area (Å²) in [5, 5.41) is 10.0. The Morgan fingerprint density at radius 2 is 1.10 bits per heavy atom. The minimum Gasteiger partial charge on any atom is -0.244 e. The van der Waals surface area contributed by atoms with Crippen LogP contribution < -0.4 is 0 Å². The minimum absolute atomic E-state index is 0.0296. The second-order valence-corrected chi connectivity index (χ2v) is 10.8. The third-order valence-corrected chi connectivity index (χ3v) is 6.72. The van der Waals surface area contributed by atoms with Crippen LogP contribution in [0, 0.1) is 49.9 Å². The summed E-state index contributed by atoms with van der Waals surface area (Å²) < 4.78 is 4.45. The maximum atomic E-state index is 5.01. The quantitative estimate of drug-likeness (QED) is 0.620. The molecule has 0 bridgehead atoms. The number of nitrogens with zero attached hydrogens (tertiary/aromatic N) is 4. The van der Waals surface area contributed by atoms with Crippen LogP contribution in [0.4, 0.5) is 0 Å². The van der Waals surface area contributed by atoms with Gasteiger partial charge in [-0.1, -0.05) is 65.8 Å². The van der Waals surface area contributed by atoms with Crippen molar-refractivity contribution >= 4 is 0 Å². The highest BCUT2D eigenvalue weighted by atomic mass is 15.5. The summed E-state index contributed by atoms with van der Waals surface area (Å²) in [6.07, 6.45) is 9.05. The van der Waals surface area contributed by atoms with Gasteiger partial charge in [-0.25, -0.2) is 9.36 Å². The van der Waals surface area contributed by atoms with Crippen LogP contribution in [0.2, 0.25) is 0 Å². The van der Waals surface area contributed by atoms with E-state index in [1.807, 2.05) is 0 Å². The fraction of sp³-hybridized carbons (Fsp3) is 0.600. The summed E-state index contributed by atoms with van der Waals surface area (Å²) in [5.41, 5.74) is 4.19. The molecule has 0 aromatic carbocycles. The molecule has 0 amide bonds. The van der Waals surface area contributed by atoms with Crippen LogP contribution in [-0.4, -0.2) is 19.6 Å². The molecule has 2 heterocycles. The molecule has 0 radical (unpaired) electrons. The van der Waals surface area contributed by atoms with Gasteiger partial charge in [0.15, 0.2) is 6.17 Å². The summed E-state index contributed by atoms with van der Waals surface area (Å²) in [6.45, 7) is 22.7. The van der Waals surface area contributed by atoms with Gasteiger partial charge < -0.3 is 0 Å². The Labute approximate surface area is 176 Å². The summed E-state index contributed by atoms with van der Waals surface area (Å²) in [7, 11) is 0. The van der Waals surface area contributed by atoms with E-state index in [0.717, 1.165) is 11.4 Å². The Bertz CT molecular complexity index is 868. The molecule has 0 spiro atoms. The molecule has 4 nitrogen and oxygen atoms in total. The molecular weight excluding hydrogens is 356 g/mol. The van der Waals surface area contributed by atoms with Gasteiger partial charge in [0.05, 0.1) is 11.4 Å².